The predicted octanol–water partition coefficient (Wildman–Crippen LogP) is 8.58. The highest BCUT2D eigenvalue weighted by atomic mass is 19.2. The Morgan fingerprint density at radius 2 is 0.857 bits per heavy atom. The highest BCUT2D eigenvalue weighted by Crippen LogP contribution is 2.57. The summed E-state index contributed by atoms with van der Waals surface area (Å²) in [5.41, 5.74) is -15.3. The fourth-order valence-corrected chi connectivity index (χ4v) is 5.29. The topological polar surface area (TPSA) is 119 Å². The largest absolute Gasteiger partial charge is 0.206 e. The van der Waals surface area contributed by atoms with E-state index in [1.807, 2.05) is 0 Å². The van der Waals surface area contributed by atoms with Gasteiger partial charge in [-0.25, -0.2) is 39.5 Å². The Bertz CT molecular complexity index is 2340. The van der Waals surface area contributed by atoms with E-state index in [9.17, 15) is 38.6 Å². The Balaban J connectivity index is 2.41. The van der Waals surface area contributed by atoms with Gasteiger partial charge in [0.1, 0.15) is 53.4 Å². The fraction of sp³-hybridized carbons (Fsp3) is 0.114. The van der Waals surface area contributed by atoms with Gasteiger partial charge in [0.15, 0.2) is 34.9 Å². The number of nitriles is 5. The van der Waals surface area contributed by atoms with Crippen LogP contribution in [0.4, 0.5) is 39.5 Å². The van der Waals surface area contributed by atoms with Crippen molar-refractivity contribution in [1.29, 1.82) is 26.3 Å². The first-order chi connectivity index (χ1) is 23.1. The van der Waals surface area contributed by atoms with Gasteiger partial charge in [0, 0.05) is 27.8 Å². The van der Waals surface area contributed by atoms with Crippen molar-refractivity contribution < 1.29 is 39.5 Å². The molecule has 0 bridgehead atoms. The molecular weight excluding hydrogens is 661 g/mol. The van der Waals surface area contributed by atoms with E-state index < -0.39 is 142 Å². The van der Waals surface area contributed by atoms with E-state index in [0.29, 0.717) is 0 Å². The van der Waals surface area contributed by atoms with Gasteiger partial charge in [0.25, 0.3) is 0 Å². The summed E-state index contributed by atoms with van der Waals surface area (Å²) in [6.45, 7) is 6.32. The number of hydrogen-bond acceptors (Lipinski definition) is 5. The van der Waals surface area contributed by atoms with Crippen molar-refractivity contribution in [1.82, 2.24) is 0 Å². The van der Waals surface area contributed by atoms with Crippen LogP contribution in [0, 0.1) is 130 Å². The van der Waals surface area contributed by atoms with E-state index in [-0.39, 0.29) is 0 Å². The molecule has 1 fully saturated rings. The Hall–Kier alpha value is -6.56. The highest BCUT2D eigenvalue weighted by Gasteiger charge is 2.45. The van der Waals surface area contributed by atoms with Crippen molar-refractivity contribution in [3.8, 4) is 30.3 Å². The second kappa shape index (κ2) is 12.9. The third-order valence-electron chi connectivity index (χ3n) is 7.91. The third-order valence-corrected chi connectivity index (χ3v) is 7.91. The molecule has 0 N–H and O–H groups in total. The van der Waals surface area contributed by atoms with Gasteiger partial charge in [-0.1, -0.05) is 6.08 Å². The number of halogens is 9. The molecule has 0 unspecified atom stereocenters. The smallest absolute Gasteiger partial charge is 0.180 e. The maximum Gasteiger partial charge on any atom is 0.180 e. The Kier molecular flexibility index (Phi) is 9.30. The molecule has 0 aromatic heterocycles. The average molecular weight is 676 g/mol. The zero-order chi connectivity index (χ0) is 36.8. The molecule has 49 heavy (non-hydrogen) atoms. The van der Waals surface area contributed by atoms with E-state index in [0.717, 1.165) is 32.9 Å². The molecule has 242 valence electrons. The van der Waals surface area contributed by atoms with Crippen LogP contribution in [-0.4, -0.2) is 0 Å². The predicted molar refractivity (Wildman–Crippen MR) is 154 cm³/mol. The summed E-state index contributed by atoms with van der Waals surface area (Å²) in [7, 11) is 0. The summed E-state index contributed by atoms with van der Waals surface area (Å²) in [6, 6.07) is 6.54. The molecule has 1 aliphatic carbocycles. The number of rotatable bonds is 5. The van der Waals surface area contributed by atoms with Gasteiger partial charge in [-0.2, -0.15) is 26.3 Å². The van der Waals surface area contributed by atoms with Crippen LogP contribution in [-0.2, 0) is 6.42 Å². The second-order valence-electron chi connectivity index (χ2n) is 10.4. The zero-order valence-corrected chi connectivity index (χ0v) is 25.1. The SMILES string of the molecule is C=CCc1c(C#N)c(F)c(C)c(F)c1/C(C#N)=C1/C(=C(C#N)c2c(F)c(F)c(C#N)c(F)c2F)/C1=C(/C#N)c1c(F)c(C)c(C)c(F)c1F. The monoisotopic (exact) mass is 675 g/mol. The molecule has 0 amide bonds. The number of allylic oxidation sites excluding steroid dienone is 7. The van der Waals surface area contributed by atoms with Gasteiger partial charge in [-0.05, 0) is 43.9 Å². The van der Waals surface area contributed by atoms with E-state index in [1.54, 1.807) is 0 Å². The van der Waals surface area contributed by atoms with E-state index in [4.69, 9.17) is 5.26 Å². The van der Waals surface area contributed by atoms with Crippen LogP contribution in [0.5, 0.6) is 0 Å². The summed E-state index contributed by atoms with van der Waals surface area (Å²) in [5, 5.41) is 49.2. The van der Waals surface area contributed by atoms with Crippen LogP contribution in [0.15, 0.2) is 29.4 Å². The van der Waals surface area contributed by atoms with Crippen molar-refractivity contribution in [3.05, 3.63) is 132 Å². The highest BCUT2D eigenvalue weighted by molar-refractivity contribution is 6.12. The van der Waals surface area contributed by atoms with Crippen LogP contribution < -0.4 is 0 Å². The first-order valence-corrected chi connectivity index (χ1v) is 13.5. The molecule has 3 aromatic carbocycles. The molecule has 0 heterocycles. The van der Waals surface area contributed by atoms with Crippen LogP contribution in [0.3, 0.4) is 0 Å². The van der Waals surface area contributed by atoms with Crippen LogP contribution in [0.1, 0.15) is 50.1 Å². The van der Waals surface area contributed by atoms with Gasteiger partial charge in [0.05, 0.1) is 33.4 Å². The summed E-state index contributed by atoms with van der Waals surface area (Å²) >= 11 is 0. The van der Waals surface area contributed by atoms with Gasteiger partial charge >= 0.3 is 0 Å². The normalized spacial score (nSPS) is 14.9. The third kappa shape index (κ3) is 5.10. The van der Waals surface area contributed by atoms with Crippen LogP contribution in [0.2, 0.25) is 0 Å². The lowest BCUT2D eigenvalue weighted by Crippen LogP contribution is -2.07. The van der Waals surface area contributed by atoms with E-state index in [1.165, 1.54) is 24.3 Å². The lowest BCUT2D eigenvalue weighted by atomic mass is 9.89. The minimum atomic E-state index is -2.31. The second-order valence-corrected chi connectivity index (χ2v) is 10.4. The summed E-state index contributed by atoms with van der Waals surface area (Å²) in [6.07, 6.45) is 0.574. The summed E-state index contributed by atoms with van der Waals surface area (Å²) < 4.78 is 137. The molecule has 0 radical (unpaired) electrons. The molecule has 14 heteroatoms. The minimum absolute atomic E-state index is 0.500. The zero-order valence-electron chi connectivity index (χ0n) is 25.1. The minimum Gasteiger partial charge on any atom is -0.206 e. The van der Waals surface area contributed by atoms with Gasteiger partial charge in [-0.15, -0.1) is 6.58 Å². The van der Waals surface area contributed by atoms with Gasteiger partial charge in [-0.3, -0.25) is 0 Å². The Labute approximate surface area is 271 Å². The maximum absolute atomic E-state index is 15.9. The Morgan fingerprint density at radius 1 is 0.490 bits per heavy atom. The first-order valence-electron chi connectivity index (χ1n) is 13.5. The van der Waals surface area contributed by atoms with Crippen LogP contribution in [0.25, 0.3) is 16.7 Å². The first kappa shape index (κ1) is 35.3. The quantitative estimate of drug-likeness (QED) is 0.116. The van der Waals surface area contributed by atoms with Gasteiger partial charge < -0.3 is 0 Å². The number of nitrogens with zero attached hydrogens (tertiary/aromatic N) is 5. The lowest BCUT2D eigenvalue weighted by molar-refractivity contribution is 0.447. The molecule has 3 aromatic rings. The van der Waals surface area contributed by atoms with Gasteiger partial charge in [0.2, 0.25) is 0 Å². The Morgan fingerprint density at radius 3 is 1.27 bits per heavy atom. The molecule has 5 nitrogen and oxygen atoms in total. The van der Waals surface area contributed by atoms with Crippen molar-refractivity contribution in [2.75, 3.05) is 0 Å². The van der Waals surface area contributed by atoms with Crippen LogP contribution >= 0.6 is 0 Å². The molecule has 1 saturated carbocycles. The molecule has 4 rings (SSSR count). The molecule has 0 aliphatic heterocycles. The van der Waals surface area contributed by atoms with Crippen molar-refractivity contribution >= 4 is 16.7 Å². The average Bonchev–Trinajstić information content (AvgIpc) is 3.80. The standard InChI is InChI=1S/C35H14F9N5/c1-5-6-15-16(7-45)27(36)14(4)29(38)21(15)17(8-46)22-23(18(9-47)25-28(37)12(2)13(3)30(39)33(25)42)24(22)19(10-48)26-34(43)31(40)20(11-49)32(41)35(26)44/h5H,1,6H2,2-4H3/b22-17+,23-18-,24-19?. The van der Waals surface area contributed by atoms with Crippen molar-refractivity contribution in [2.45, 2.75) is 27.2 Å². The maximum atomic E-state index is 15.9. The molecular formula is C35H14F9N5. The fourth-order valence-electron chi connectivity index (χ4n) is 5.29. The summed E-state index contributed by atoms with van der Waals surface area (Å²) in [5.74, 6) is -17.1. The number of benzene rings is 3. The molecule has 0 spiro atoms. The summed E-state index contributed by atoms with van der Waals surface area (Å²) in [4.78, 5) is 0. The number of hydrogen-bond donors (Lipinski definition) is 0. The molecule has 1 aliphatic rings. The molecule has 0 atom stereocenters. The van der Waals surface area contributed by atoms with Crippen molar-refractivity contribution in [3.63, 3.8) is 0 Å². The lowest BCUT2D eigenvalue weighted by Gasteiger charge is -2.14. The van der Waals surface area contributed by atoms with E-state index >= 15 is 22.0 Å². The van der Waals surface area contributed by atoms with Crippen molar-refractivity contribution in [2.24, 2.45) is 0 Å². The van der Waals surface area contributed by atoms with E-state index in [2.05, 4.69) is 6.58 Å². The molecule has 0 saturated heterocycles.